The SMILES string of the molecule is Nc1ncnc2c1ncn2CCCCNS(N)(=O)=O. The highest BCUT2D eigenvalue weighted by Gasteiger charge is 2.07. The highest BCUT2D eigenvalue weighted by molar-refractivity contribution is 7.87. The first-order valence-corrected chi connectivity index (χ1v) is 7.21. The van der Waals surface area contributed by atoms with Crippen molar-refractivity contribution in [3.8, 4) is 0 Å². The fraction of sp³-hybridized carbons (Fsp3) is 0.444. The number of nitrogens with one attached hydrogen (secondary N) is 1. The molecular weight excluding hydrogens is 270 g/mol. The number of nitrogens with two attached hydrogens (primary N) is 2. The third kappa shape index (κ3) is 3.59. The number of fused-ring (bicyclic) bond motifs is 1. The molecule has 19 heavy (non-hydrogen) atoms. The second kappa shape index (κ2) is 5.47. The third-order valence-corrected chi connectivity index (χ3v) is 3.17. The Labute approximate surface area is 110 Å². The van der Waals surface area contributed by atoms with Gasteiger partial charge in [0.25, 0.3) is 10.2 Å². The first-order chi connectivity index (χ1) is 8.97. The third-order valence-electron chi connectivity index (χ3n) is 2.56. The van der Waals surface area contributed by atoms with E-state index in [0.29, 0.717) is 36.5 Å². The van der Waals surface area contributed by atoms with Crippen LogP contribution in [0.25, 0.3) is 11.2 Å². The summed E-state index contributed by atoms with van der Waals surface area (Å²) in [6.07, 6.45) is 4.45. The Bertz CT molecular complexity index is 666. The first-order valence-electron chi connectivity index (χ1n) is 5.66. The van der Waals surface area contributed by atoms with Crippen molar-refractivity contribution in [2.45, 2.75) is 19.4 Å². The summed E-state index contributed by atoms with van der Waals surface area (Å²) in [5.41, 5.74) is 6.92. The van der Waals surface area contributed by atoms with Crippen LogP contribution in [0.4, 0.5) is 5.82 Å². The van der Waals surface area contributed by atoms with Crippen molar-refractivity contribution in [2.24, 2.45) is 5.14 Å². The summed E-state index contributed by atoms with van der Waals surface area (Å²) in [4.78, 5) is 12.1. The van der Waals surface area contributed by atoms with Crippen molar-refractivity contribution in [1.29, 1.82) is 0 Å². The number of aromatic nitrogens is 4. The minimum absolute atomic E-state index is 0.308. The van der Waals surface area contributed by atoms with Crippen LogP contribution in [-0.4, -0.2) is 34.5 Å². The summed E-state index contributed by atoms with van der Waals surface area (Å²) in [5.74, 6) is 0.347. The summed E-state index contributed by atoms with van der Waals surface area (Å²) >= 11 is 0. The van der Waals surface area contributed by atoms with E-state index in [1.807, 2.05) is 4.57 Å². The van der Waals surface area contributed by atoms with Gasteiger partial charge >= 0.3 is 0 Å². The van der Waals surface area contributed by atoms with E-state index in [2.05, 4.69) is 19.7 Å². The smallest absolute Gasteiger partial charge is 0.274 e. The van der Waals surface area contributed by atoms with Crippen molar-refractivity contribution in [3.63, 3.8) is 0 Å². The fourth-order valence-corrected chi connectivity index (χ4v) is 2.11. The maximum Gasteiger partial charge on any atom is 0.274 e. The van der Waals surface area contributed by atoms with Gasteiger partial charge in [-0.2, -0.15) is 8.42 Å². The van der Waals surface area contributed by atoms with Crippen molar-refractivity contribution in [1.82, 2.24) is 24.2 Å². The monoisotopic (exact) mass is 285 g/mol. The van der Waals surface area contributed by atoms with Crippen molar-refractivity contribution >= 4 is 27.2 Å². The van der Waals surface area contributed by atoms with Crippen LogP contribution in [0.2, 0.25) is 0 Å². The van der Waals surface area contributed by atoms with Crippen molar-refractivity contribution in [2.75, 3.05) is 12.3 Å². The highest BCUT2D eigenvalue weighted by atomic mass is 32.2. The number of rotatable bonds is 6. The summed E-state index contributed by atoms with van der Waals surface area (Å²) in [6.45, 7) is 0.974. The number of hydrogen-bond acceptors (Lipinski definition) is 6. The number of anilines is 1. The van der Waals surface area contributed by atoms with Crippen LogP contribution in [0.15, 0.2) is 12.7 Å². The zero-order valence-electron chi connectivity index (χ0n) is 10.2. The summed E-state index contributed by atoms with van der Waals surface area (Å²) < 4.78 is 25.4. The lowest BCUT2D eigenvalue weighted by molar-refractivity contribution is 0.569. The van der Waals surface area contributed by atoms with Gasteiger partial charge in [-0.25, -0.2) is 24.8 Å². The largest absolute Gasteiger partial charge is 0.382 e. The Morgan fingerprint density at radius 3 is 2.79 bits per heavy atom. The number of nitrogens with zero attached hydrogens (tertiary/aromatic N) is 4. The predicted octanol–water partition coefficient (Wildman–Crippen LogP) is -1.02. The minimum Gasteiger partial charge on any atom is -0.382 e. The molecular formula is C9H15N7O2S. The lowest BCUT2D eigenvalue weighted by atomic mass is 10.3. The Hall–Kier alpha value is -1.78. The van der Waals surface area contributed by atoms with E-state index in [0.717, 1.165) is 6.42 Å². The molecule has 0 saturated carbocycles. The molecule has 0 aliphatic heterocycles. The molecule has 0 saturated heterocycles. The number of hydrogen-bond donors (Lipinski definition) is 3. The van der Waals surface area contributed by atoms with E-state index in [1.54, 1.807) is 6.33 Å². The van der Waals surface area contributed by atoms with Crippen LogP contribution in [0.5, 0.6) is 0 Å². The molecule has 0 aliphatic rings. The Morgan fingerprint density at radius 1 is 1.26 bits per heavy atom. The van der Waals surface area contributed by atoms with Crippen LogP contribution in [-0.2, 0) is 16.8 Å². The van der Waals surface area contributed by atoms with Crippen molar-refractivity contribution in [3.05, 3.63) is 12.7 Å². The Balaban J connectivity index is 1.90. The van der Waals surface area contributed by atoms with E-state index in [9.17, 15) is 8.42 Å². The average Bonchev–Trinajstić information content (AvgIpc) is 2.72. The molecule has 0 amide bonds. The fourth-order valence-electron chi connectivity index (χ4n) is 1.68. The quantitative estimate of drug-likeness (QED) is 0.580. The van der Waals surface area contributed by atoms with Gasteiger partial charge in [-0.05, 0) is 12.8 Å². The molecule has 0 aromatic carbocycles. The van der Waals surface area contributed by atoms with Gasteiger partial charge in [0.1, 0.15) is 11.8 Å². The Morgan fingerprint density at radius 2 is 2.05 bits per heavy atom. The number of imidazole rings is 1. The topological polar surface area (TPSA) is 142 Å². The summed E-state index contributed by atoms with van der Waals surface area (Å²) in [5, 5.41) is 4.82. The molecule has 5 N–H and O–H groups in total. The zero-order valence-corrected chi connectivity index (χ0v) is 11.0. The van der Waals surface area contributed by atoms with E-state index < -0.39 is 10.2 Å². The van der Waals surface area contributed by atoms with Gasteiger partial charge in [0.2, 0.25) is 0 Å². The van der Waals surface area contributed by atoms with Crippen molar-refractivity contribution < 1.29 is 8.42 Å². The average molecular weight is 285 g/mol. The normalized spacial score (nSPS) is 12.1. The molecule has 2 heterocycles. The van der Waals surface area contributed by atoms with Crippen LogP contribution < -0.4 is 15.6 Å². The molecule has 2 rings (SSSR count). The molecule has 0 bridgehead atoms. The molecule has 0 fully saturated rings. The molecule has 0 unspecified atom stereocenters. The first kappa shape index (κ1) is 13.6. The molecule has 0 atom stereocenters. The van der Waals surface area contributed by atoms with E-state index in [1.165, 1.54) is 6.33 Å². The minimum atomic E-state index is -3.60. The zero-order chi connectivity index (χ0) is 13.9. The second-order valence-corrected chi connectivity index (χ2v) is 5.39. The molecule has 0 aliphatic carbocycles. The molecule has 9 nitrogen and oxygen atoms in total. The molecule has 0 spiro atoms. The van der Waals surface area contributed by atoms with E-state index in [4.69, 9.17) is 10.9 Å². The summed E-state index contributed by atoms with van der Waals surface area (Å²) in [7, 11) is -3.60. The van der Waals surface area contributed by atoms with Gasteiger partial charge in [-0.15, -0.1) is 0 Å². The molecule has 2 aromatic rings. The highest BCUT2D eigenvalue weighted by Crippen LogP contribution is 2.14. The van der Waals surface area contributed by atoms with E-state index in [-0.39, 0.29) is 0 Å². The van der Waals surface area contributed by atoms with Gasteiger partial charge in [0.15, 0.2) is 11.5 Å². The van der Waals surface area contributed by atoms with Gasteiger partial charge in [0, 0.05) is 13.1 Å². The van der Waals surface area contributed by atoms with Crippen LogP contribution in [0, 0.1) is 0 Å². The summed E-state index contributed by atoms with van der Waals surface area (Å²) in [6, 6.07) is 0. The standard InChI is InChI=1S/C9H15N7O2S/c10-8-7-9(13-5-12-8)16(6-14-7)4-2-1-3-15-19(11,17)18/h5-6,15H,1-4H2,(H2,10,12,13)(H2,11,17,18). The maximum atomic E-state index is 10.7. The van der Waals surface area contributed by atoms with Gasteiger partial charge in [-0.1, -0.05) is 0 Å². The molecule has 10 heteroatoms. The predicted molar refractivity (Wildman–Crippen MR) is 70.1 cm³/mol. The lowest BCUT2D eigenvalue weighted by Gasteiger charge is -2.04. The Kier molecular flexibility index (Phi) is 3.93. The number of nitrogen functional groups attached to an aromatic ring is 1. The van der Waals surface area contributed by atoms with Gasteiger partial charge in [-0.3, -0.25) is 0 Å². The van der Waals surface area contributed by atoms with Crippen LogP contribution >= 0.6 is 0 Å². The van der Waals surface area contributed by atoms with Gasteiger partial charge in [0.05, 0.1) is 6.33 Å². The molecule has 2 aromatic heterocycles. The van der Waals surface area contributed by atoms with Crippen LogP contribution in [0.3, 0.4) is 0 Å². The van der Waals surface area contributed by atoms with Crippen LogP contribution in [0.1, 0.15) is 12.8 Å². The molecule has 0 radical (unpaired) electrons. The second-order valence-electron chi connectivity index (χ2n) is 4.02. The lowest BCUT2D eigenvalue weighted by Crippen LogP contribution is -2.31. The van der Waals surface area contributed by atoms with Gasteiger partial charge < -0.3 is 10.3 Å². The number of aryl methyl sites for hydroxylation is 1. The number of unbranched alkanes of at least 4 members (excludes halogenated alkanes) is 1. The van der Waals surface area contributed by atoms with E-state index >= 15 is 0 Å². The molecule has 104 valence electrons. The maximum absolute atomic E-state index is 10.7.